The van der Waals surface area contributed by atoms with E-state index in [1.165, 1.54) is 49.1 Å². The van der Waals surface area contributed by atoms with Crippen molar-refractivity contribution in [1.29, 1.82) is 0 Å². The van der Waals surface area contributed by atoms with Crippen LogP contribution in [0.2, 0.25) is 0 Å². The molecule has 2 aliphatic carbocycles. The summed E-state index contributed by atoms with van der Waals surface area (Å²) in [5.74, 6) is -3.00. The zero-order valence-electron chi connectivity index (χ0n) is 28.7. The summed E-state index contributed by atoms with van der Waals surface area (Å²) in [6.45, 7) is 0. The predicted molar refractivity (Wildman–Crippen MR) is 185 cm³/mol. The molecule has 20 nitrogen and oxygen atoms in total. The Morgan fingerprint density at radius 2 is 0.722 bits per heavy atom. The normalized spacial score (nSPS) is 19.2. The molecule has 0 saturated heterocycles. The molecule has 5 rings (SSSR count). The van der Waals surface area contributed by atoms with Gasteiger partial charge >= 0.3 is 46.1 Å². The number of aromatic carboxylic acids is 2. The molecule has 54 heavy (non-hydrogen) atoms. The Labute approximate surface area is 329 Å². The van der Waals surface area contributed by atoms with E-state index in [1.807, 2.05) is 0 Å². The van der Waals surface area contributed by atoms with Crippen molar-refractivity contribution in [1.82, 2.24) is 0 Å². The summed E-state index contributed by atoms with van der Waals surface area (Å²) in [5.41, 5.74) is 0.599. The quantitative estimate of drug-likeness (QED) is 0.191. The van der Waals surface area contributed by atoms with Crippen LogP contribution in [0.15, 0.2) is 44.2 Å². The van der Waals surface area contributed by atoms with Gasteiger partial charge in [0.05, 0.1) is 45.5 Å². The van der Waals surface area contributed by atoms with Crippen LogP contribution in [0, 0.1) is 30.6 Å². The van der Waals surface area contributed by atoms with Crippen LogP contribution >= 0.6 is 0 Å². The molecule has 22 heteroatoms. The van der Waals surface area contributed by atoms with E-state index < -0.39 is 22.1 Å². The minimum Gasteiger partial charge on any atom is -0.872 e. The van der Waals surface area contributed by atoms with Crippen molar-refractivity contribution in [2.45, 2.75) is 75.5 Å². The summed E-state index contributed by atoms with van der Waals surface area (Å²) in [6.07, 6.45) is 12.2. The van der Waals surface area contributed by atoms with E-state index in [9.17, 15) is 30.0 Å². The van der Waals surface area contributed by atoms with E-state index in [0.717, 1.165) is 39.9 Å². The Morgan fingerprint density at radius 3 is 0.889 bits per heavy atom. The molecule has 3 aliphatic rings. The number of aliphatic imine (C=N–C) groups is 4. The fourth-order valence-corrected chi connectivity index (χ4v) is 5.56. The van der Waals surface area contributed by atoms with Gasteiger partial charge in [0.15, 0.2) is 0 Å². The second-order valence-corrected chi connectivity index (χ2v) is 11.0. The molecule has 2 aromatic rings. The van der Waals surface area contributed by atoms with Crippen molar-refractivity contribution in [2.75, 3.05) is 14.2 Å². The van der Waals surface area contributed by atoms with Gasteiger partial charge in [-0.3, -0.25) is 20.0 Å². The largest absolute Gasteiger partial charge is 2.00 e. The van der Waals surface area contributed by atoms with Crippen LogP contribution in [0.25, 0.3) is 0 Å². The number of nitrogens with zero attached hydrogens (tertiary/aromatic N) is 6. The molecular weight excluding hydrogens is 819 g/mol. The van der Waals surface area contributed by atoms with Crippen LogP contribution in [-0.2, 0) is 34.1 Å². The summed E-state index contributed by atoms with van der Waals surface area (Å²) in [6, 6.07) is 4.16. The van der Waals surface area contributed by atoms with E-state index in [-0.39, 0.29) is 103 Å². The van der Waals surface area contributed by atoms with E-state index in [1.54, 1.807) is 0 Å². The van der Waals surface area contributed by atoms with Crippen LogP contribution < -0.4 is 10.2 Å². The van der Waals surface area contributed by atoms with Crippen LogP contribution in [0.3, 0.4) is 0 Å². The van der Waals surface area contributed by atoms with Gasteiger partial charge in [-0.2, -0.15) is 0 Å². The first-order valence-corrected chi connectivity index (χ1v) is 15.6. The van der Waals surface area contributed by atoms with Crippen molar-refractivity contribution >= 4 is 36.8 Å². The van der Waals surface area contributed by atoms with E-state index in [4.69, 9.17) is 40.9 Å². The first-order valence-electron chi connectivity index (χ1n) is 15.6. The Bertz CT molecular complexity index is 1440. The van der Waals surface area contributed by atoms with E-state index in [2.05, 4.69) is 20.0 Å². The first kappa shape index (κ1) is 51.1. The average Bonchev–Trinajstić information content (AvgIpc) is 3.11. The number of carboxylic acids is 2. The minimum absolute atomic E-state index is 0. The van der Waals surface area contributed by atoms with E-state index in [0.29, 0.717) is 25.7 Å². The average molecular weight is 858 g/mol. The monoisotopic (exact) mass is 856 g/mol. The Hall–Kier alpha value is -4.98. The summed E-state index contributed by atoms with van der Waals surface area (Å²) >= 11 is 0. The van der Waals surface area contributed by atoms with Crippen LogP contribution in [-0.4, -0.2) is 106 Å². The fourth-order valence-electron chi connectivity index (χ4n) is 5.56. The minimum atomic E-state index is -1.75. The Morgan fingerprint density at radius 1 is 0.537 bits per heavy atom. The van der Waals surface area contributed by atoms with Gasteiger partial charge in [0.1, 0.15) is 0 Å². The van der Waals surface area contributed by atoms with Crippen LogP contribution in [0.4, 0.5) is 0 Å². The molecule has 2 fully saturated rings. The summed E-state index contributed by atoms with van der Waals surface area (Å²) < 4.78 is 0. The second kappa shape index (κ2) is 26.7. The van der Waals surface area contributed by atoms with Gasteiger partial charge in [0, 0.05) is 39.1 Å². The molecule has 0 amide bonds. The zero-order chi connectivity index (χ0) is 39.4. The number of carbonyl (C=O) groups is 2. The molecule has 0 aromatic heterocycles. The van der Waals surface area contributed by atoms with Gasteiger partial charge < -0.3 is 61.3 Å². The summed E-state index contributed by atoms with van der Waals surface area (Å²) in [7, 11) is 2.00. The number of rotatable bonds is 2. The molecular formula is C32H38Cu2N6O14. The standard InChI is InChI=1S/C30H32N4O6.2CH4O.2Cu.2NO3/c35-27-19-9-17(29(37)38)11-21(27)15-33-25-7-3-4-8-26(25)34-16-22-12-18(30(39)40)10-20(28(22)36)14-32-24-6-2-1-5-23(24)31-13-19;2*1-2;;;2*2-1(3)4/h9-16,23-26,35-36H,1-8H2,(H,37,38)(H,39,40);2*2H,1H3;;;;/q;;;2*+2;2*-1/p-2/t23-,24-,25+,26+;;;;;;. The maximum atomic E-state index is 13.3. The third-order valence-corrected chi connectivity index (χ3v) is 7.79. The number of carboxylic acid groups (broad SMARTS) is 2. The van der Waals surface area contributed by atoms with Gasteiger partial charge in [-0.15, -0.1) is 0 Å². The van der Waals surface area contributed by atoms with Crippen LogP contribution in [0.5, 0.6) is 11.5 Å². The number of hydrogen-bond acceptors (Lipinski definition) is 16. The molecule has 4 N–H and O–H groups in total. The number of aliphatic hydroxyl groups is 2. The smallest absolute Gasteiger partial charge is 0.872 e. The fraction of sp³-hybridized carbons (Fsp3) is 0.438. The number of fused-ring (bicyclic) bond motifs is 6. The third-order valence-electron chi connectivity index (χ3n) is 7.79. The zero-order valence-corrected chi connectivity index (χ0v) is 30.6. The van der Waals surface area contributed by atoms with Gasteiger partial charge in [-0.1, -0.05) is 37.2 Å². The molecule has 0 unspecified atom stereocenters. The molecule has 302 valence electrons. The second-order valence-electron chi connectivity index (χ2n) is 11.0. The van der Waals surface area contributed by atoms with Gasteiger partial charge in [0.2, 0.25) is 0 Å². The molecule has 1 heterocycles. The Kier molecular flexibility index (Phi) is 25.3. The van der Waals surface area contributed by atoms with Crippen molar-refractivity contribution in [3.8, 4) is 11.5 Å². The maximum Gasteiger partial charge on any atom is 2.00 e. The van der Waals surface area contributed by atoms with Crippen molar-refractivity contribution in [3.63, 3.8) is 0 Å². The molecule has 4 atom stereocenters. The Balaban J connectivity index is 0. The molecule has 2 radical (unpaired) electrons. The molecule has 0 spiro atoms. The summed E-state index contributed by atoms with van der Waals surface area (Å²) in [5, 5.41) is 89.4. The van der Waals surface area contributed by atoms with Gasteiger partial charge in [0.25, 0.3) is 0 Å². The molecule has 1 aliphatic heterocycles. The number of benzene rings is 2. The van der Waals surface area contributed by atoms with Crippen molar-refractivity contribution < 1.29 is 84.5 Å². The van der Waals surface area contributed by atoms with Gasteiger partial charge in [-0.05, 0) is 72.2 Å². The molecule has 4 bridgehead atoms. The number of aliphatic hydroxyl groups excluding tert-OH is 2. The van der Waals surface area contributed by atoms with Crippen molar-refractivity contribution in [3.05, 3.63) is 88.3 Å². The number of hydrogen-bond donors (Lipinski definition) is 4. The first-order chi connectivity index (χ1) is 24.8. The SMILES string of the molecule is CO.CO.O=C(O)c1cc2c([O-])c(c1)C=N[C@@H]1CCCC[C@H]1N=Cc1cc(C(=O)O)cc(c1[O-])C=N[C@H]1CCCC[C@@H]1N=C2.O=[N+]([O-])[O-].O=[N+]([O-])[O-].[Cu+2].[Cu+2]. The maximum absolute atomic E-state index is 13.3. The molecule has 2 saturated carbocycles. The van der Waals surface area contributed by atoms with Gasteiger partial charge in [-0.25, -0.2) is 9.59 Å². The van der Waals surface area contributed by atoms with E-state index >= 15 is 0 Å². The third kappa shape index (κ3) is 16.8. The predicted octanol–water partition coefficient (Wildman–Crippen LogP) is 1.98. The van der Waals surface area contributed by atoms with Crippen molar-refractivity contribution in [2.24, 2.45) is 20.0 Å². The molecule has 2 aromatic carbocycles. The van der Waals surface area contributed by atoms with Crippen LogP contribution in [0.1, 0.15) is 94.3 Å². The topological polar surface area (TPSA) is 343 Å². The summed E-state index contributed by atoms with van der Waals surface area (Å²) in [4.78, 5) is 58.7.